The van der Waals surface area contributed by atoms with Gasteiger partial charge >= 0.3 is 0 Å². The number of piperidine rings is 1. The van der Waals surface area contributed by atoms with Gasteiger partial charge in [0.25, 0.3) is 0 Å². The number of benzene rings is 1. The molecule has 4 rings (SSSR count). The molecule has 0 aromatic heterocycles. The standard InChI is InChI=1S/C18H25NO/c1-19-10-9-18-8-4-3-5-15(18)17(19)11-13-6-7-14(20-2)12-16(13)18/h6-7,12,15,17H,3-5,8-11H2,1-2H3/t15?,17-,18-/m1/s1/i1D. The van der Waals surface area contributed by atoms with Crippen LogP contribution in [0.5, 0.6) is 5.75 Å². The molecule has 1 aliphatic heterocycles. The first-order chi connectivity index (χ1) is 10.3. The normalized spacial score (nSPS) is 36.8. The van der Waals surface area contributed by atoms with Gasteiger partial charge in [0.1, 0.15) is 5.75 Å². The fourth-order valence-electron chi connectivity index (χ4n) is 5.19. The topological polar surface area (TPSA) is 12.5 Å². The lowest BCUT2D eigenvalue weighted by Gasteiger charge is -2.58. The molecule has 3 atom stereocenters. The van der Waals surface area contributed by atoms with Crippen molar-refractivity contribution >= 4 is 0 Å². The SMILES string of the molecule is [2H]CN1CC[C@]23CCCCC2[C@H]1Cc1ccc(OC)cc13. The Bertz CT molecular complexity index is 546. The summed E-state index contributed by atoms with van der Waals surface area (Å²) < 4.78 is 13.4. The third-order valence-electron chi connectivity index (χ3n) is 6.16. The maximum absolute atomic E-state index is 7.88. The molecule has 1 saturated heterocycles. The van der Waals surface area contributed by atoms with E-state index in [1.165, 1.54) is 37.7 Å². The van der Waals surface area contributed by atoms with Crippen LogP contribution >= 0.6 is 0 Å². The van der Waals surface area contributed by atoms with Crippen LogP contribution in [0.2, 0.25) is 0 Å². The van der Waals surface area contributed by atoms with Crippen molar-refractivity contribution in [2.24, 2.45) is 5.92 Å². The van der Waals surface area contributed by atoms with E-state index < -0.39 is 0 Å². The highest BCUT2D eigenvalue weighted by Crippen LogP contribution is 2.55. The second-order valence-corrected chi connectivity index (χ2v) is 6.87. The fraction of sp³-hybridized carbons (Fsp3) is 0.667. The van der Waals surface area contributed by atoms with Crippen molar-refractivity contribution in [3.8, 4) is 5.75 Å². The van der Waals surface area contributed by atoms with Gasteiger partial charge in [-0.2, -0.15) is 0 Å². The lowest BCUT2D eigenvalue weighted by Crippen LogP contribution is -2.59. The number of fused-ring (bicyclic) bond motifs is 1. The number of ether oxygens (including phenoxy) is 1. The van der Waals surface area contributed by atoms with Crippen molar-refractivity contribution in [2.75, 3.05) is 20.7 Å². The maximum Gasteiger partial charge on any atom is 0.119 e. The lowest BCUT2D eigenvalue weighted by atomic mass is 9.52. The van der Waals surface area contributed by atoms with Gasteiger partial charge in [-0.1, -0.05) is 18.9 Å². The predicted molar refractivity (Wildman–Crippen MR) is 81.4 cm³/mol. The Morgan fingerprint density at radius 3 is 3.15 bits per heavy atom. The Balaban J connectivity index is 1.85. The van der Waals surface area contributed by atoms with Crippen molar-refractivity contribution in [1.29, 1.82) is 0 Å². The van der Waals surface area contributed by atoms with Gasteiger partial charge in [-0.05, 0) is 68.4 Å². The van der Waals surface area contributed by atoms with E-state index in [4.69, 9.17) is 6.11 Å². The van der Waals surface area contributed by atoms with Gasteiger partial charge in [0, 0.05) is 12.8 Å². The monoisotopic (exact) mass is 272 g/mol. The highest BCUT2D eigenvalue weighted by atomic mass is 16.5. The summed E-state index contributed by atoms with van der Waals surface area (Å²) in [5.74, 6) is 1.76. The third kappa shape index (κ3) is 1.60. The van der Waals surface area contributed by atoms with E-state index in [2.05, 4.69) is 23.1 Å². The fourth-order valence-corrected chi connectivity index (χ4v) is 5.19. The lowest BCUT2D eigenvalue weighted by molar-refractivity contribution is 0.00274. The second-order valence-electron chi connectivity index (χ2n) is 6.87. The van der Waals surface area contributed by atoms with Crippen LogP contribution < -0.4 is 4.74 Å². The zero-order valence-corrected chi connectivity index (χ0v) is 12.4. The zero-order chi connectivity index (χ0) is 14.4. The van der Waals surface area contributed by atoms with E-state index in [1.54, 1.807) is 12.7 Å². The van der Waals surface area contributed by atoms with Crippen molar-refractivity contribution < 1.29 is 6.11 Å². The van der Waals surface area contributed by atoms with Crippen LogP contribution in [0.15, 0.2) is 18.2 Å². The average Bonchev–Trinajstić information content (AvgIpc) is 2.54. The maximum atomic E-state index is 7.88. The molecular formula is C18H25NO. The molecule has 20 heavy (non-hydrogen) atoms. The van der Waals surface area contributed by atoms with E-state index >= 15 is 0 Å². The number of hydrogen-bond donors (Lipinski definition) is 0. The summed E-state index contributed by atoms with van der Waals surface area (Å²) in [6.07, 6.45) is 7.77. The van der Waals surface area contributed by atoms with Crippen LogP contribution in [0.1, 0.15) is 44.6 Å². The average molecular weight is 272 g/mol. The van der Waals surface area contributed by atoms with Gasteiger partial charge in [0.2, 0.25) is 0 Å². The van der Waals surface area contributed by atoms with Crippen LogP contribution in [-0.2, 0) is 11.8 Å². The molecule has 1 saturated carbocycles. The Morgan fingerprint density at radius 1 is 1.35 bits per heavy atom. The van der Waals surface area contributed by atoms with E-state index in [9.17, 15) is 0 Å². The molecule has 1 heterocycles. The number of likely N-dealkylation sites (N-methyl/N-ethyl adjacent to an activating group) is 1. The zero-order valence-electron chi connectivity index (χ0n) is 13.4. The molecule has 2 aliphatic carbocycles. The smallest absolute Gasteiger partial charge is 0.119 e. The van der Waals surface area contributed by atoms with E-state index in [1.807, 2.05) is 0 Å². The first-order valence-corrected chi connectivity index (χ1v) is 7.99. The van der Waals surface area contributed by atoms with Crippen molar-refractivity contribution in [3.05, 3.63) is 29.3 Å². The summed E-state index contributed by atoms with van der Waals surface area (Å²) in [4.78, 5) is 2.42. The number of hydrogen-bond acceptors (Lipinski definition) is 2. The first kappa shape index (κ1) is 11.6. The Labute approximate surface area is 123 Å². The van der Waals surface area contributed by atoms with Gasteiger partial charge in [0.15, 0.2) is 0 Å². The Hall–Kier alpha value is -1.02. The number of nitrogens with zero attached hydrogens (tertiary/aromatic N) is 1. The molecule has 1 aromatic rings. The van der Waals surface area contributed by atoms with Crippen LogP contribution in [-0.4, -0.2) is 31.6 Å². The molecule has 2 heteroatoms. The molecule has 2 bridgehead atoms. The molecule has 1 aromatic carbocycles. The number of likely N-dealkylation sites (tertiary alicyclic amines) is 1. The molecule has 2 fully saturated rings. The van der Waals surface area contributed by atoms with Gasteiger partial charge in [-0.25, -0.2) is 0 Å². The van der Waals surface area contributed by atoms with E-state index in [0.717, 1.165) is 24.6 Å². The van der Waals surface area contributed by atoms with Gasteiger partial charge < -0.3 is 9.64 Å². The second kappa shape index (κ2) is 4.49. The first-order valence-electron chi connectivity index (χ1n) is 8.70. The van der Waals surface area contributed by atoms with E-state index in [0.29, 0.717) is 18.5 Å². The molecule has 108 valence electrons. The Morgan fingerprint density at radius 2 is 2.30 bits per heavy atom. The summed E-state index contributed by atoms with van der Waals surface area (Å²) in [7, 11) is 2.23. The summed E-state index contributed by atoms with van der Waals surface area (Å²) >= 11 is 0. The molecule has 2 nitrogen and oxygen atoms in total. The molecule has 1 unspecified atom stereocenters. The molecule has 0 amide bonds. The summed E-state index contributed by atoms with van der Waals surface area (Å²) in [5, 5.41) is 0. The molecule has 0 N–H and O–H groups in total. The van der Waals surface area contributed by atoms with Crippen molar-refractivity contribution in [2.45, 2.75) is 50.0 Å². The molecule has 3 aliphatic rings. The highest BCUT2D eigenvalue weighted by Gasteiger charge is 2.53. The number of methoxy groups -OCH3 is 1. The van der Waals surface area contributed by atoms with Crippen LogP contribution in [0, 0.1) is 5.92 Å². The quantitative estimate of drug-likeness (QED) is 0.777. The predicted octanol–water partition coefficient (Wildman–Crippen LogP) is 3.38. The van der Waals surface area contributed by atoms with E-state index in [-0.39, 0.29) is 0 Å². The number of rotatable bonds is 1. The van der Waals surface area contributed by atoms with Crippen molar-refractivity contribution in [3.63, 3.8) is 0 Å². The summed E-state index contributed by atoms with van der Waals surface area (Å²) in [6, 6.07) is 7.30. The molecular weight excluding hydrogens is 246 g/mol. The highest BCUT2D eigenvalue weighted by molar-refractivity contribution is 5.45. The summed E-state index contributed by atoms with van der Waals surface area (Å²) in [5.41, 5.74) is 3.46. The van der Waals surface area contributed by atoms with Crippen LogP contribution in [0.4, 0.5) is 0 Å². The van der Waals surface area contributed by atoms with Gasteiger partial charge in [0.05, 0.1) is 7.11 Å². The third-order valence-corrected chi connectivity index (χ3v) is 6.16. The molecule has 0 radical (unpaired) electrons. The largest absolute Gasteiger partial charge is 0.497 e. The minimum atomic E-state index is 0.372. The minimum absolute atomic E-state index is 0.372. The van der Waals surface area contributed by atoms with Gasteiger partial charge in [-0.15, -0.1) is 0 Å². The summed E-state index contributed by atoms with van der Waals surface area (Å²) in [6.45, 7) is 1.10. The van der Waals surface area contributed by atoms with Gasteiger partial charge in [-0.3, -0.25) is 0 Å². The van der Waals surface area contributed by atoms with Crippen LogP contribution in [0.3, 0.4) is 0 Å². The van der Waals surface area contributed by atoms with Crippen molar-refractivity contribution in [1.82, 2.24) is 4.90 Å². The molecule has 0 spiro atoms. The Kier molecular flexibility index (Phi) is 2.61. The minimum Gasteiger partial charge on any atom is -0.497 e. The van der Waals surface area contributed by atoms with Crippen LogP contribution in [0.25, 0.3) is 0 Å².